The summed E-state index contributed by atoms with van der Waals surface area (Å²) in [6.07, 6.45) is 5.48. The van der Waals surface area contributed by atoms with Crippen LogP contribution in [-0.4, -0.2) is 50.3 Å². The Labute approximate surface area is 113 Å². The van der Waals surface area contributed by atoms with Crippen LogP contribution in [0.5, 0.6) is 0 Å². The first-order valence-electron chi connectivity index (χ1n) is 7.66. The predicted molar refractivity (Wildman–Crippen MR) is 78.0 cm³/mol. The van der Waals surface area contributed by atoms with E-state index in [0.29, 0.717) is 18.1 Å². The third-order valence-electron chi connectivity index (χ3n) is 3.83. The van der Waals surface area contributed by atoms with Gasteiger partial charge in [-0.15, -0.1) is 0 Å². The maximum absolute atomic E-state index is 6.08. The van der Waals surface area contributed by atoms with Crippen LogP contribution in [0.2, 0.25) is 0 Å². The largest absolute Gasteiger partial charge is 0.375 e. The van der Waals surface area contributed by atoms with Crippen LogP contribution in [0.4, 0.5) is 0 Å². The number of nitrogens with one attached hydrogen (secondary N) is 1. The SMILES string of the molecule is CCC(CNCC(C)C)OCC1CCCCN1C. The molecule has 1 fully saturated rings. The third-order valence-corrected chi connectivity index (χ3v) is 3.83. The van der Waals surface area contributed by atoms with Gasteiger partial charge in [-0.1, -0.05) is 27.2 Å². The van der Waals surface area contributed by atoms with Crippen molar-refractivity contribution in [3.8, 4) is 0 Å². The summed E-state index contributed by atoms with van der Waals surface area (Å²) in [5.74, 6) is 0.715. The second kappa shape index (κ2) is 8.89. The molecule has 0 aromatic carbocycles. The molecule has 3 nitrogen and oxygen atoms in total. The predicted octanol–water partition coefficient (Wildman–Crippen LogP) is 2.51. The average Bonchev–Trinajstić information content (AvgIpc) is 2.35. The second-order valence-corrected chi connectivity index (χ2v) is 6.05. The molecule has 0 aromatic heterocycles. The molecule has 1 aliphatic heterocycles. The average molecular weight is 256 g/mol. The van der Waals surface area contributed by atoms with Crippen molar-refractivity contribution in [2.24, 2.45) is 5.92 Å². The van der Waals surface area contributed by atoms with E-state index in [0.717, 1.165) is 26.1 Å². The lowest BCUT2D eigenvalue weighted by Crippen LogP contribution is -2.41. The summed E-state index contributed by atoms with van der Waals surface area (Å²) in [6.45, 7) is 10.9. The molecule has 1 aliphatic rings. The molecule has 3 heteroatoms. The Hall–Kier alpha value is -0.120. The van der Waals surface area contributed by atoms with Crippen molar-refractivity contribution in [1.29, 1.82) is 0 Å². The Morgan fingerprint density at radius 3 is 2.67 bits per heavy atom. The molecule has 0 saturated carbocycles. The minimum absolute atomic E-state index is 0.374. The first-order valence-corrected chi connectivity index (χ1v) is 7.66. The Balaban J connectivity index is 2.17. The van der Waals surface area contributed by atoms with Crippen LogP contribution in [0.25, 0.3) is 0 Å². The summed E-state index contributed by atoms with van der Waals surface area (Å²) < 4.78 is 6.08. The molecular weight excluding hydrogens is 224 g/mol. The highest BCUT2D eigenvalue weighted by Gasteiger charge is 2.20. The molecule has 1 heterocycles. The van der Waals surface area contributed by atoms with Crippen LogP contribution >= 0.6 is 0 Å². The highest BCUT2D eigenvalue weighted by atomic mass is 16.5. The summed E-state index contributed by atoms with van der Waals surface area (Å²) in [4.78, 5) is 2.46. The topological polar surface area (TPSA) is 24.5 Å². The van der Waals surface area contributed by atoms with Gasteiger partial charge in [0, 0.05) is 12.6 Å². The van der Waals surface area contributed by atoms with Gasteiger partial charge >= 0.3 is 0 Å². The van der Waals surface area contributed by atoms with Gasteiger partial charge in [0.2, 0.25) is 0 Å². The Bertz CT molecular complexity index is 209. The maximum Gasteiger partial charge on any atom is 0.0697 e. The molecule has 1 saturated heterocycles. The van der Waals surface area contributed by atoms with Crippen LogP contribution in [-0.2, 0) is 4.74 Å². The van der Waals surface area contributed by atoms with E-state index in [9.17, 15) is 0 Å². The molecule has 0 amide bonds. The Kier molecular flexibility index (Phi) is 7.87. The first kappa shape index (κ1) is 15.9. The van der Waals surface area contributed by atoms with E-state index in [1.54, 1.807) is 0 Å². The maximum atomic E-state index is 6.08. The normalized spacial score (nSPS) is 23.5. The van der Waals surface area contributed by atoms with E-state index in [1.165, 1.54) is 25.8 Å². The van der Waals surface area contributed by atoms with Crippen LogP contribution in [0.3, 0.4) is 0 Å². The molecule has 0 spiro atoms. The van der Waals surface area contributed by atoms with Crippen molar-refractivity contribution in [2.45, 2.75) is 58.6 Å². The van der Waals surface area contributed by atoms with E-state index < -0.39 is 0 Å². The molecule has 2 atom stereocenters. The molecule has 2 unspecified atom stereocenters. The van der Waals surface area contributed by atoms with E-state index in [4.69, 9.17) is 4.74 Å². The molecule has 1 rings (SSSR count). The van der Waals surface area contributed by atoms with Crippen molar-refractivity contribution in [3.63, 3.8) is 0 Å². The zero-order valence-corrected chi connectivity index (χ0v) is 12.7. The number of hydrogen-bond donors (Lipinski definition) is 1. The number of piperidine rings is 1. The van der Waals surface area contributed by atoms with Gasteiger partial charge in [0.15, 0.2) is 0 Å². The third kappa shape index (κ3) is 6.17. The van der Waals surface area contributed by atoms with Crippen molar-refractivity contribution in [3.05, 3.63) is 0 Å². The lowest BCUT2D eigenvalue weighted by molar-refractivity contribution is 0.00256. The van der Waals surface area contributed by atoms with Gasteiger partial charge in [-0.2, -0.15) is 0 Å². The fourth-order valence-electron chi connectivity index (χ4n) is 2.46. The van der Waals surface area contributed by atoms with Crippen LogP contribution in [0.15, 0.2) is 0 Å². The number of likely N-dealkylation sites (N-methyl/N-ethyl adjacent to an activating group) is 1. The highest BCUT2D eigenvalue weighted by Crippen LogP contribution is 2.15. The molecule has 108 valence electrons. The summed E-state index contributed by atoms with van der Waals surface area (Å²) in [7, 11) is 2.23. The van der Waals surface area contributed by atoms with Gasteiger partial charge in [-0.3, -0.25) is 0 Å². The van der Waals surface area contributed by atoms with E-state index in [2.05, 4.69) is 38.0 Å². The van der Waals surface area contributed by atoms with Gasteiger partial charge in [0.1, 0.15) is 0 Å². The summed E-state index contributed by atoms with van der Waals surface area (Å²) in [5.41, 5.74) is 0. The second-order valence-electron chi connectivity index (χ2n) is 6.05. The molecule has 0 aliphatic carbocycles. The number of nitrogens with zero attached hydrogens (tertiary/aromatic N) is 1. The van der Waals surface area contributed by atoms with Gasteiger partial charge < -0.3 is 15.0 Å². The van der Waals surface area contributed by atoms with Crippen molar-refractivity contribution in [2.75, 3.05) is 33.3 Å². The van der Waals surface area contributed by atoms with Gasteiger partial charge in [0.25, 0.3) is 0 Å². The zero-order valence-electron chi connectivity index (χ0n) is 12.7. The fourth-order valence-corrected chi connectivity index (χ4v) is 2.46. The van der Waals surface area contributed by atoms with Crippen LogP contribution in [0, 0.1) is 5.92 Å². The molecular formula is C15H32N2O. The Morgan fingerprint density at radius 2 is 2.06 bits per heavy atom. The number of rotatable bonds is 8. The molecule has 1 N–H and O–H groups in total. The molecule has 18 heavy (non-hydrogen) atoms. The van der Waals surface area contributed by atoms with E-state index >= 15 is 0 Å². The number of ether oxygens (including phenoxy) is 1. The fraction of sp³-hybridized carbons (Fsp3) is 1.00. The van der Waals surface area contributed by atoms with Crippen molar-refractivity contribution in [1.82, 2.24) is 10.2 Å². The van der Waals surface area contributed by atoms with E-state index in [-0.39, 0.29) is 0 Å². The smallest absolute Gasteiger partial charge is 0.0697 e. The summed E-state index contributed by atoms with van der Waals surface area (Å²) >= 11 is 0. The number of likely N-dealkylation sites (tertiary alicyclic amines) is 1. The van der Waals surface area contributed by atoms with Crippen molar-refractivity contribution >= 4 is 0 Å². The summed E-state index contributed by atoms with van der Waals surface area (Å²) in [6, 6.07) is 0.637. The first-order chi connectivity index (χ1) is 8.63. The van der Waals surface area contributed by atoms with Gasteiger partial charge in [-0.25, -0.2) is 0 Å². The summed E-state index contributed by atoms with van der Waals surface area (Å²) in [5, 5.41) is 3.50. The minimum Gasteiger partial charge on any atom is -0.375 e. The lowest BCUT2D eigenvalue weighted by atomic mass is 10.0. The monoisotopic (exact) mass is 256 g/mol. The van der Waals surface area contributed by atoms with Crippen LogP contribution < -0.4 is 5.32 Å². The zero-order chi connectivity index (χ0) is 13.4. The highest BCUT2D eigenvalue weighted by molar-refractivity contribution is 4.74. The minimum atomic E-state index is 0.374. The van der Waals surface area contributed by atoms with Crippen molar-refractivity contribution < 1.29 is 4.74 Å². The molecule has 0 bridgehead atoms. The Morgan fingerprint density at radius 1 is 1.28 bits per heavy atom. The van der Waals surface area contributed by atoms with Gasteiger partial charge in [-0.05, 0) is 45.3 Å². The number of hydrogen-bond acceptors (Lipinski definition) is 3. The quantitative estimate of drug-likeness (QED) is 0.722. The standard InChI is InChI=1S/C15H32N2O/c1-5-15(11-16-10-13(2)3)18-12-14-8-6-7-9-17(14)4/h13-16H,5-12H2,1-4H3. The molecule has 0 aromatic rings. The van der Waals surface area contributed by atoms with E-state index in [1.807, 2.05) is 0 Å². The van der Waals surface area contributed by atoms with Gasteiger partial charge in [0.05, 0.1) is 12.7 Å². The lowest BCUT2D eigenvalue weighted by Gasteiger charge is -2.33. The molecule has 0 radical (unpaired) electrons. The van der Waals surface area contributed by atoms with Crippen LogP contribution in [0.1, 0.15) is 46.5 Å².